The van der Waals surface area contributed by atoms with Gasteiger partial charge in [0.2, 0.25) is 11.8 Å². The quantitative estimate of drug-likeness (QED) is 0.200. The van der Waals surface area contributed by atoms with Gasteiger partial charge in [-0.2, -0.15) is 0 Å². The zero-order chi connectivity index (χ0) is 21.0. The summed E-state index contributed by atoms with van der Waals surface area (Å²) in [6.07, 6.45) is 6.77. The highest BCUT2D eigenvalue weighted by atomic mass is 79.9. The highest BCUT2D eigenvalue weighted by Gasteiger charge is 2.52. The predicted molar refractivity (Wildman–Crippen MR) is 120 cm³/mol. The number of carbonyl (C=O) groups is 3. The second-order valence-electron chi connectivity index (χ2n) is 7.83. The SMILES string of the molecule is CCCCCCCOC(=O)c1ccc(N2C(=O)[C@H]3C[C@H](Br)[C@@H](Br)C[C@H]3C2=O)cc1. The second kappa shape index (κ2) is 10.2. The fourth-order valence-electron chi connectivity index (χ4n) is 4.05. The van der Waals surface area contributed by atoms with E-state index in [1.165, 1.54) is 17.7 Å². The van der Waals surface area contributed by atoms with E-state index in [2.05, 4.69) is 38.8 Å². The maximum Gasteiger partial charge on any atom is 0.338 e. The number of hydrogen-bond acceptors (Lipinski definition) is 4. The molecule has 2 aliphatic rings. The maximum atomic E-state index is 12.8. The molecule has 2 amide bonds. The molecule has 1 saturated carbocycles. The van der Waals surface area contributed by atoms with Crippen molar-refractivity contribution in [1.82, 2.24) is 0 Å². The minimum Gasteiger partial charge on any atom is -0.462 e. The van der Waals surface area contributed by atoms with Gasteiger partial charge in [-0.1, -0.05) is 64.5 Å². The Kier molecular flexibility index (Phi) is 7.91. The van der Waals surface area contributed by atoms with Crippen molar-refractivity contribution >= 4 is 55.3 Å². The summed E-state index contributed by atoms with van der Waals surface area (Å²) in [6.45, 7) is 2.58. The average molecular weight is 529 g/mol. The fraction of sp³-hybridized carbons (Fsp3) is 0.591. The van der Waals surface area contributed by atoms with Crippen molar-refractivity contribution in [3.8, 4) is 0 Å². The number of rotatable bonds is 8. The predicted octanol–water partition coefficient (Wildman–Crippen LogP) is 5.24. The van der Waals surface area contributed by atoms with E-state index in [-0.39, 0.29) is 39.3 Å². The van der Waals surface area contributed by atoms with Gasteiger partial charge in [0.1, 0.15) is 0 Å². The van der Waals surface area contributed by atoms with Crippen LogP contribution in [0, 0.1) is 11.8 Å². The Bertz CT molecular complexity index is 724. The van der Waals surface area contributed by atoms with Gasteiger partial charge >= 0.3 is 5.97 Å². The minimum absolute atomic E-state index is 0.147. The smallest absolute Gasteiger partial charge is 0.338 e. The monoisotopic (exact) mass is 527 g/mol. The Morgan fingerprint density at radius 1 is 0.966 bits per heavy atom. The number of hydrogen-bond donors (Lipinski definition) is 0. The summed E-state index contributed by atoms with van der Waals surface area (Å²) in [6, 6.07) is 6.56. The van der Waals surface area contributed by atoms with Gasteiger partial charge in [0.05, 0.1) is 29.7 Å². The number of ether oxygens (including phenoxy) is 1. The number of carbonyl (C=O) groups excluding carboxylic acids is 3. The molecule has 0 unspecified atom stereocenters. The summed E-state index contributed by atoms with van der Waals surface area (Å²) < 4.78 is 5.32. The van der Waals surface area contributed by atoms with Crippen LogP contribution >= 0.6 is 31.9 Å². The number of nitrogens with zero attached hydrogens (tertiary/aromatic N) is 1. The maximum absolute atomic E-state index is 12.8. The molecule has 7 heteroatoms. The average Bonchev–Trinajstić information content (AvgIpc) is 2.95. The first-order chi connectivity index (χ1) is 13.9. The van der Waals surface area contributed by atoms with E-state index in [0.717, 1.165) is 19.3 Å². The van der Waals surface area contributed by atoms with Crippen LogP contribution in [0.3, 0.4) is 0 Å². The molecule has 4 atom stereocenters. The van der Waals surface area contributed by atoms with Crippen molar-refractivity contribution in [3.05, 3.63) is 29.8 Å². The molecule has 1 aliphatic heterocycles. The third-order valence-corrected chi connectivity index (χ3v) is 8.49. The van der Waals surface area contributed by atoms with E-state index < -0.39 is 0 Å². The van der Waals surface area contributed by atoms with E-state index in [1.807, 2.05) is 0 Å². The van der Waals surface area contributed by atoms with Crippen molar-refractivity contribution in [2.45, 2.75) is 61.5 Å². The minimum atomic E-state index is -0.371. The second-order valence-corrected chi connectivity index (χ2v) is 10.2. The lowest BCUT2D eigenvalue weighted by Crippen LogP contribution is -2.34. The van der Waals surface area contributed by atoms with Gasteiger partial charge in [-0.15, -0.1) is 0 Å². The topological polar surface area (TPSA) is 63.7 Å². The molecule has 158 valence electrons. The zero-order valence-corrected chi connectivity index (χ0v) is 19.8. The van der Waals surface area contributed by atoms with Gasteiger partial charge in [-0.25, -0.2) is 4.79 Å². The van der Waals surface area contributed by atoms with Gasteiger partial charge in [-0.3, -0.25) is 14.5 Å². The molecule has 0 spiro atoms. The van der Waals surface area contributed by atoms with E-state index in [4.69, 9.17) is 4.74 Å². The van der Waals surface area contributed by atoms with Crippen molar-refractivity contribution < 1.29 is 19.1 Å². The molecule has 0 radical (unpaired) electrons. The Morgan fingerprint density at radius 2 is 1.52 bits per heavy atom. The molecular weight excluding hydrogens is 502 g/mol. The third-order valence-electron chi connectivity index (χ3n) is 5.75. The number of halogens is 2. The molecule has 1 aliphatic carbocycles. The van der Waals surface area contributed by atoms with Crippen molar-refractivity contribution in [1.29, 1.82) is 0 Å². The number of anilines is 1. The van der Waals surface area contributed by atoms with Crippen molar-refractivity contribution in [2.24, 2.45) is 11.8 Å². The summed E-state index contributed by atoms with van der Waals surface area (Å²) in [5, 5.41) is 0. The molecule has 0 aromatic heterocycles. The van der Waals surface area contributed by atoms with Crippen LogP contribution in [0.15, 0.2) is 24.3 Å². The largest absolute Gasteiger partial charge is 0.462 e. The number of unbranched alkanes of at least 4 members (excludes halogenated alkanes) is 4. The van der Waals surface area contributed by atoms with Crippen molar-refractivity contribution in [2.75, 3.05) is 11.5 Å². The molecule has 1 aromatic carbocycles. The van der Waals surface area contributed by atoms with Gasteiger partial charge in [0.15, 0.2) is 0 Å². The molecule has 1 saturated heterocycles. The number of fused-ring (bicyclic) bond motifs is 1. The summed E-state index contributed by atoms with van der Waals surface area (Å²) in [5.74, 6) is -1.22. The van der Waals surface area contributed by atoms with Crippen LogP contribution in [0.5, 0.6) is 0 Å². The molecule has 0 N–H and O–H groups in total. The lowest BCUT2D eigenvalue weighted by atomic mass is 9.81. The number of esters is 1. The van der Waals surface area contributed by atoms with Crippen LogP contribution in [0.1, 0.15) is 62.2 Å². The molecule has 1 aromatic rings. The van der Waals surface area contributed by atoms with Crippen molar-refractivity contribution in [3.63, 3.8) is 0 Å². The summed E-state index contributed by atoms with van der Waals surface area (Å²) in [4.78, 5) is 39.5. The number of benzene rings is 1. The molecule has 2 fully saturated rings. The molecular formula is C22H27Br2NO4. The van der Waals surface area contributed by atoms with Crippen LogP contribution in [0.4, 0.5) is 5.69 Å². The Balaban J connectivity index is 1.59. The third kappa shape index (κ3) is 5.10. The Hall–Kier alpha value is -1.21. The number of imide groups is 1. The summed E-state index contributed by atoms with van der Waals surface area (Å²) >= 11 is 7.19. The lowest BCUT2D eigenvalue weighted by Gasteiger charge is -2.29. The van der Waals surface area contributed by atoms with E-state index >= 15 is 0 Å². The van der Waals surface area contributed by atoms with Gasteiger partial charge in [0, 0.05) is 9.65 Å². The molecule has 1 heterocycles. The van der Waals surface area contributed by atoms with Gasteiger partial charge in [-0.05, 0) is 43.5 Å². The normalized spacial score (nSPS) is 26.5. The summed E-state index contributed by atoms with van der Waals surface area (Å²) in [7, 11) is 0. The van der Waals surface area contributed by atoms with Crippen LogP contribution in [-0.4, -0.2) is 34.0 Å². The van der Waals surface area contributed by atoms with E-state index in [9.17, 15) is 14.4 Å². The standard InChI is InChI=1S/C22H27Br2NO4/c1-2-3-4-5-6-11-29-22(28)14-7-9-15(10-8-14)25-20(26)16-12-18(23)19(24)13-17(16)21(25)27/h7-10,16-19H,2-6,11-13H2,1H3/t16-,17+,18-,19-/m0/s1. The highest BCUT2D eigenvalue weighted by Crippen LogP contribution is 2.44. The molecule has 5 nitrogen and oxygen atoms in total. The van der Waals surface area contributed by atoms with Gasteiger partial charge in [0.25, 0.3) is 0 Å². The first-order valence-corrected chi connectivity index (χ1v) is 12.2. The molecule has 0 bridgehead atoms. The lowest BCUT2D eigenvalue weighted by molar-refractivity contribution is -0.122. The first-order valence-electron chi connectivity index (χ1n) is 10.4. The van der Waals surface area contributed by atoms with Crippen LogP contribution < -0.4 is 4.90 Å². The highest BCUT2D eigenvalue weighted by molar-refractivity contribution is 9.12. The van der Waals surface area contributed by atoms with E-state index in [0.29, 0.717) is 30.7 Å². The molecule has 29 heavy (non-hydrogen) atoms. The van der Waals surface area contributed by atoms with Crippen LogP contribution in [0.25, 0.3) is 0 Å². The Labute approximate surface area is 188 Å². The fourth-order valence-corrected chi connectivity index (χ4v) is 5.29. The molecule has 3 rings (SSSR count). The Morgan fingerprint density at radius 3 is 2.07 bits per heavy atom. The zero-order valence-electron chi connectivity index (χ0n) is 16.6. The number of alkyl halides is 2. The number of amides is 2. The van der Waals surface area contributed by atoms with Crippen LogP contribution in [-0.2, 0) is 14.3 Å². The van der Waals surface area contributed by atoms with E-state index in [1.54, 1.807) is 24.3 Å². The first kappa shape index (κ1) is 22.5. The van der Waals surface area contributed by atoms with Gasteiger partial charge < -0.3 is 4.74 Å². The summed E-state index contributed by atoms with van der Waals surface area (Å²) in [5.41, 5.74) is 0.947. The van der Waals surface area contributed by atoms with Crippen LogP contribution in [0.2, 0.25) is 0 Å².